The number of nitrogens with zero attached hydrogens (tertiary/aromatic N) is 2. The van der Waals surface area contributed by atoms with Gasteiger partial charge in [-0.2, -0.15) is 0 Å². The number of fused-ring (bicyclic) bond motifs is 2. The zero-order chi connectivity index (χ0) is 14.7. The van der Waals surface area contributed by atoms with E-state index < -0.39 is 0 Å². The predicted molar refractivity (Wildman–Crippen MR) is 89.9 cm³/mol. The molecule has 0 saturated heterocycles. The summed E-state index contributed by atoms with van der Waals surface area (Å²) in [4.78, 5) is 4.60. The Balaban J connectivity index is 1.85. The molecule has 1 N–H and O–H groups in total. The Hall–Kier alpha value is -0.350. The average Bonchev–Trinajstić information content (AvgIpc) is 2.95. The second kappa shape index (κ2) is 7.08. The maximum atomic E-state index is 5.69. The van der Waals surface area contributed by atoms with Crippen LogP contribution in [0.2, 0.25) is 0 Å². The van der Waals surface area contributed by atoms with Gasteiger partial charge in [0.25, 0.3) is 0 Å². The van der Waals surface area contributed by atoms with Crippen LogP contribution in [0.5, 0.6) is 0 Å². The summed E-state index contributed by atoms with van der Waals surface area (Å²) in [7, 11) is 4.25. The van der Waals surface area contributed by atoms with Gasteiger partial charge in [-0.05, 0) is 63.3 Å². The highest BCUT2D eigenvalue weighted by Crippen LogP contribution is 2.44. The minimum absolute atomic E-state index is 0.648. The van der Waals surface area contributed by atoms with Gasteiger partial charge in [-0.1, -0.05) is 20.3 Å². The normalized spacial score (nSPS) is 28.4. The fourth-order valence-electron chi connectivity index (χ4n) is 3.71. The van der Waals surface area contributed by atoms with Crippen LogP contribution in [0.3, 0.4) is 0 Å². The third kappa shape index (κ3) is 4.32. The maximum absolute atomic E-state index is 5.69. The number of thiocarbonyl (C=S) groups is 1. The van der Waals surface area contributed by atoms with Gasteiger partial charge in [-0.3, -0.25) is 0 Å². The fraction of sp³-hybridized carbons (Fsp3) is 0.938. The molecule has 0 radical (unpaired) electrons. The maximum Gasteiger partial charge on any atom is 0.169 e. The van der Waals surface area contributed by atoms with Gasteiger partial charge in [0, 0.05) is 25.7 Å². The molecule has 0 spiro atoms. The van der Waals surface area contributed by atoms with Gasteiger partial charge in [0.05, 0.1) is 0 Å². The van der Waals surface area contributed by atoms with Crippen LogP contribution in [0.1, 0.15) is 39.5 Å². The summed E-state index contributed by atoms with van der Waals surface area (Å²) in [6.07, 6.45) is 5.63. The Labute approximate surface area is 130 Å². The molecule has 2 saturated carbocycles. The highest BCUT2D eigenvalue weighted by molar-refractivity contribution is 7.80. The van der Waals surface area contributed by atoms with Gasteiger partial charge < -0.3 is 15.1 Å². The lowest BCUT2D eigenvalue weighted by atomic mass is 9.95. The van der Waals surface area contributed by atoms with E-state index in [1.54, 1.807) is 0 Å². The lowest BCUT2D eigenvalue weighted by Crippen LogP contribution is -2.49. The quantitative estimate of drug-likeness (QED) is 0.759. The van der Waals surface area contributed by atoms with Crippen molar-refractivity contribution in [2.75, 3.05) is 33.7 Å². The first-order chi connectivity index (χ1) is 9.45. The zero-order valence-electron chi connectivity index (χ0n) is 13.6. The molecule has 2 aliphatic carbocycles. The summed E-state index contributed by atoms with van der Waals surface area (Å²) in [5.74, 6) is 2.50. The molecule has 0 heterocycles. The van der Waals surface area contributed by atoms with Crippen LogP contribution in [0.25, 0.3) is 0 Å². The first-order valence-corrected chi connectivity index (χ1v) is 8.56. The molecule has 3 unspecified atom stereocenters. The van der Waals surface area contributed by atoms with Crippen molar-refractivity contribution in [2.45, 2.75) is 45.6 Å². The van der Waals surface area contributed by atoms with E-state index in [-0.39, 0.29) is 0 Å². The largest absolute Gasteiger partial charge is 0.360 e. The van der Waals surface area contributed by atoms with E-state index in [9.17, 15) is 0 Å². The molecule has 3 nitrogen and oxygen atoms in total. The van der Waals surface area contributed by atoms with Gasteiger partial charge in [0.2, 0.25) is 0 Å². The van der Waals surface area contributed by atoms with E-state index in [0.29, 0.717) is 12.0 Å². The van der Waals surface area contributed by atoms with Gasteiger partial charge >= 0.3 is 0 Å². The van der Waals surface area contributed by atoms with Crippen molar-refractivity contribution in [3.05, 3.63) is 0 Å². The van der Waals surface area contributed by atoms with Crippen molar-refractivity contribution in [1.29, 1.82) is 0 Å². The molecule has 3 atom stereocenters. The van der Waals surface area contributed by atoms with Gasteiger partial charge in [0.1, 0.15) is 0 Å². The molecule has 2 fully saturated rings. The van der Waals surface area contributed by atoms with Crippen molar-refractivity contribution in [2.24, 2.45) is 17.8 Å². The Bertz CT molecular complexity index is 330. The SMILES string of the molecule is CC(C)CN(CCN(C)C)C(=S)NC1CC2CCC1C2. The second-order valence-electron chi connectivity index (χ2n) is 7.37. The van der Waals surface area contributed by atoms with Crippen LogP contribution >= 0.6 is 12.2 Å². The van der Waals surface area contributed by atoms with Crippen molar-refractivity contribution < 1.29 is 0 Å². The average molecular weight is 298 g/mol. The summed E-state index contributed by atoms with van der Waals surface area (Å²) in [6.45, 7) is 7.68. The lowest BCUT2D eigenvalue weighted by molar-refractivity contribution is 0.295. The summed E-state index contributed by atoms with van der Waals surface area (Å²) >= 11 is 5.69. The number of nitrogens with one attached hydrogen (secondary N) is 1. The van der Waals surface area contributed by atoms with E-state index in [0.717, 1.165) is 36.6 Å². The standard InChI is InChI=1S/C16H31N3S/c1-12(2)11-19(8-7-18(3)4)16(20)17-15-10-13-5-6-14(15)9-13/h12-15H,5-11H2,1-4H3,(H,17,20). The lowest BCUT2D eigenvalue weighted by Gasteiger charge is -2.32. The van der Waals surface area contributed by atoms with Crippen molar-refractivity contribution in [3.63, 3.8) is 0 Å². The molecule has 0 aromatic heterocycles. The molecule has 0 aromatic carbocycles. The van der Waals surface area contributed by atoms with E-state index >= 15 is 0 Å². The smallest absolute Gasteiger partial charge is 0.169 e. The molecular weight excluding hydrogens is 266 g/mol. The first kappa shape index (κ1) is 16.0. The van der Waals surface area contributed by atoms with E-state index in [1.807, 2.05) is 0 Å². The minimum Gasteiger partial charge on any atom is -0.360 e. The predicted octanol–water partition coefficient (Wildman–Crippen LogP) is 2.57. The molecule has 20 heavy (non-hydrogen) atoms. The molecule has 0 aromatic rings. The van der Waals surface area contributed by atoms with Crippen LogP contribution < -0.4 is 5.32 Å². The third-order valence-electron chi connectivity index (χ3n) is 4.74. The summed E-state index contributed by atoms with van der Waals surface area (Å²) in [5.41, 5.74) is 0. The molecule has 2 rings (SSSR count). The second-order valence-corrected chi connectivity index (χ2v) is 7.76. The Kier molecular flexibility index (Phi) is 5.67. The molecular formula is C16H31N3S. The van der Waals surface area contributed by atoms with E-state index in [2.05, 4.69) is 43.1 Å². The number of rotatable bonds is 6. The summed E-state index contributed by atoms with van der Waals surface area (Å²) < 4.78 is 0. The Morgan fingerprint density at radius 1 is 1.20 bits per heavy atom. The Morgan fingerprint density at radius 2 is 1.95 bits per heavy atom. The molecule has 2 aliphatic rings. The van der Waals surface area contributed by atoms with Crippen LogP contribution in [-0.4, -0.2) is 54.7 Å². The van der Waals surface area contributed by atoms with E-state index in [1.165, 1.54) is 25.7 Å². The van der Waals surface area contributed by atoms with Gasteiger partial charge in [-0.25, -0.2) is 0 Å². The van der Waals surface area contributed by atoms with Crippen LogP contribution in [0.15, 0.2) is 0 Å². The van der Waals surface area contributed by atoms with Gasteiger partial charge in [0.15, 0.2) is 5.11 Å². The summed E-state index contributed by atoms with van der Waals surface area (Å²) in [5, 5.41) is 4.66. The topological polar surface area (TPSA) is 18.5 Å². The third-order valence-corrected chi connectivity index (χ3v) is 5.11. The number of hydrogen-bond donors (Lipinski definition) is 1. The van der Waals surface area contributed by atoms with Crippen LogP contribution in [0, 0.1) is 17.8 Å². The monoisotopic (exact) mass is 297 g/mol. The number of hydrogen-bond acceptors (Lipinski definition) is 2. The first-order valence-electron chi connectivity index (χ1n) is 8.16. The molecule has 0 aliphatic heterocycles. The van der Waals surface area contributed by atoms with Crippen molar-refractivity contribution in [3.8, 4) is 0 Å². The number of likely N-dealkylation sites (N-methyl/N-ethyl adjacent to an activating group) is 1. The van der Waals surface area contributed by atoms with Gasteiger partial charge in [-0.15, -0.1) is 0 Å². The van der Waals surface area contributed by atoms with Crippen LogP contribution in [-0.2, 0) is 0 Å². The fourth-order valence-corrected chi connectivity index (χ4v) is 4.03. The Morgan fingerprint density at radius 3 is 2.45 bits per heavy atom. The van der Waals surface area contributed by atoms with Crippen molar-refractivity contribution in [1.82, 2.24) is 15.1 Å². The highest BCUT2D eigenvalue weighted by Gasteiger charge is 2.40. The molecule has 4 heteroatoms. The summed E-state index contributed by atoms with van der Waals surface area (Å²) in [6, 6.07) is 0.648. The zero-order valence-corrected chi connectivity index (χ0v) is 14.4. The van der Waals surface area contributed by atoms with Crippen molar-refractivity contribution >= 4 is 17.3 Å². The molecule has 116 valence electrons. The molecule has 2 bridgehead atoms. The van der Waals surface area contributed by atoms with E-state index in [4.69, 9.17) is 12.2 Å². The van der Waals surface area contributed by atoms with Crippen LogP contribution in [0.4, 0.5) is 0 Å². The minimum atomic E-state index is 0.648. The highest BCUT2D eigenvalue weighted by atomic mass is 32.1. The molecule has 0 amide bonds.